The average molecular weight is 272 g/mol. The molecule has 0 saturated carbocycles. The summed E-state index contributed by atoms with van der Waals surface area (Å²) in [6.45, 7) is 1.39. The molecule has 0 aliphatic rings. The first-order chi connectivity index (χ1) is 7.04. The molecule has 0 bridgehead atoms. The summed E-state index contributed by atoms with van der Waals surface area (Å²) >= 11 is 3.26. The molecule has 1 amide bonds. The Morgan fingerprint density at radius 3 is 2.80 bits per heavy atom. The van der Waals surface area contributed by atoms with E-state index in [4.69, 9.17) is 10.9 Å². The van der Waals surface area contributed by atoms with Crippen LogP contribution in [0.2, 0.25) is 0 Å². The van der Waals surface area contributed by atoms with Crippen molar-refractivity contribution in [3.8, 4) is 0 Å². The highest BCUT2D eigenvalue weighted by Crippen LogP contribution is 2.20. The summed E-state index contributed by atoms with van der Waals surface area (Å²) in [4.78, 5) is 10.9. The van der Waals surface area contributed by atoms with E-state index >= 15 is 0 Å². The van der Waals surface area contributed by atoms with Crippen LogP contribution >= 0.6 is 15.9 Å². The molecule has 6 heteroatoms. The molecule has 80 valence electrons. The molecule has 15 heavy (non-hydrogen) atoms. The minimum atomic E-state index is -0.218. The predicted octanol–water partition coefficient (Wildman–Crippen LogP) is 1.50. The van der Waals surface area contributed by atoms with E-state index in [9.17, 15) is 4.79 Å². The van der Waals surface area contributed by atoms with Gasteiger partial charge in [-0.2, -0.15) is 0 Å². The number of carbonyl (C=O) groups excluding carboxylic acids is 1. The zero-order valence-electron chi connectivity index (χ0n) is 7.99. The van der Waals surface area contributed by atoms with Gasteiger partial charge in [0.1, 0.15) is 0 Å². The van der Waals surface area contributed by atoms with Crippen molar-refractivity contribution in [2.24, 2.45) is 10.9 Å². The van der Waals surface area contributed by atoms with Crippen molar-refractivity contribution in [1.82, 2.24) is 0 Å². The number of carbonyl (C=O) groups is 1. The Balaban J connectivity index is 3.20. The molecule has 0 heterocycles. The molecule has 1 rings (SSSR count). The lowest BCUT2D eigenvalue weighted by Crippen LogP contribution is -2.17. The lowest BCUT2D eigenvalue weighted by Gasteiger charge is -2.08. The van der Waals surface area contributed by atoms with Crippen LogP contribution in [0.5, 0.6) is 0 Å². The molecule has 1 aromatic carbocycles. The van der Waals surface area contributed by atoms with Crippen LogP contribution in [0, 0.1) is 0 Å². The minimum absolute atomic E-state index is 0.0555. The molecule has 0 spiro atoms. The molecular weight excluding hydrogens is 262 g/mol. The van der Waals surface area contributed by atoms with Gasteiger partial charge in [-0.1, -0.05) is 21.1 Å². The molecule has 0 aliphatic carbocycles. The number of benzene rings is 1. The van der Waals surface area contributed by atoms with E-state index in [1.807, 2.05) is 0 Å². The number of amidine groups is 1. The van der Waals surface area contributed by atoms with Gasteiger partial charge in [0.25, 0.3) is 0 Å². The van der Waals surface area contributed by atoms with Crippen LogP contribution < -0.4 is 11.1 Å². The highest BCUT2D eigenvalue weighted by atomic mass is 79.9. The van der Waals surface area contributed by atoms with E-state index in [1.165, 1.54) is 6.92 Å². The number of nitrogens with two attached hydrogens (primary N) is 1. The SMILES string of the molecule is CC(=O)Nc1ccc(Br)cc1/C(N)=N/O. The molecule has 0 atom stereocenters. The van der Waals surface area contributed by atoms with Crippen LogP contribution in [0.15, 0.2) is 27.8 Å². The summed E-state index contributed by atoms with van der Waals surface area (Å²) in [5, 5.41) is 14.0. The van der Waals surface area contributed by atoms with Gasteiger partial charge in [0.05, 0.1) is 5.69 Å². The van der Waals surface area contributed by atoms with Gasteiger partial charge in [0, 0.05) is 17.0 Å². The summed E-state index contributed by atoms with van der Waals surface area (Å²) in [6, 6.07) is 5.07. The van der Waals surface area contributed by atoms with Gasteiger partial charge in [-0.15, -0.1) is 0 Å². The summed E-state index contributed by atoms with van der Waals surface area (Å²) in [5.74, 6) is -0.274. The van der Waals surface area contributed by atoms with Crippen LogP contribution in [0.1, 0.15) is 12.5 Å². The number of hydrogen-bond acceptors (Lipinski definition) is 3. The highest BCUT2D eigenvalue weighted by Gasteiger charge is 2.08. The van der Waals surface area contributed by atoms with Gasteiger partial charge >= 0.3 is 0 Å². The van der Waals surface area contributed by atoms with Crippen molar-refractivity contribution in [3.63, 3.8) is 0 Å². The molecule has 0 aliphatic heterocycles. The molecule has 0 radical (unpaired) electrons. The van der Waals surface area contributed by atoms with Gasteiger partial charge in [0.2, 0.25) is 5.91 Å². The van der Waals surface area contributed by atoms with Gasteiger partial charge in [0.15, 0.2) is 5.84 Å². The average Bonchev–Trinajstić information content (AvgIpc) is 2.19. The topological polar surface area (TPSA) is 87.7 Å². The monoisotopic (exact) mass is 271 g/mol. The Hall–Kier alpha value is -1.56. The number of halogens is 1. The highest BCUT2D eigenvalue weighted by molar-refractivity contribution is 9.10. The third-order valence-corrected chi connectivity index (χ3v) is 2.17. The van der Waals surface area contributed by atoms with Crippen molar-refractivity contribution in [3.05, 3.63) is 28.2 Å². The van der Waals surface area contributed by atoms with Crippen LogP contribution in [0.25, 0.3) is 0 Å². The van der Waals surface area contributed by atoms with E-state index in [2.05, 4.69) is 26.4 Å². The predicted molar refractivity (Wildman–Crippen MR) is 61.0 cm³/mol. The molecule has 0 unspecified atom stereocenters. The second-order valence-electron chi connectivity index (χ2n) is 2.86. The molecule has 0 fully saturated rings. The first kappa shape index (κ1) is 11.5. The zero-order valence-corrected chi connectivity index (χ0v) is 9.58. The summed E-state index contributed by atoms with van der Waals surface area (Å²) in [5.41, 5.74) is 6.43. The smallest absolute Gasteiger partial charge is 0.221 e. The Bertz CT molecular complexity index is 418. The lowest BCUT2D eigenvalue weighted by atomic mass is 10.1. The molecule has 0 saturated heterocycles. The first-order valence-corrected chi connectivity index (χ1v) is 4.89. The van der Waals surface area contributed by atoms with E-state index in [1.54, 1.807) is 18.2 Å². The van der Waals surface area contributed by atoms with Crippen LogP contribution in [-0.4, -0.2) is 17.0 Å². The first-order valence-electron chi connectivity index (χ1n) is 4.09. The van der Waals surface area contributed by atoms with E-state index in [0.29, 0.717) is 11.3 Å². The van der Waals surface area contributed by atoms with Crippen molar-refractivity contribution >= 4 is 33.4 Å². The number of anilines is 1. The number of rotatable bonds is 2. The Kier molecular flexibility index (Phi) is 3.68. The number of nitrogens with one attached hydrogen (secondary N) is 1. The third kappa shape index (κ3) is 2.95. The fourth-order valence-electron chi connectivity index (χ4n) is 1.08. The Morgan fingerprint density at radius 1 is 1.60 bits per heavy atom. The van der Waals surface area contributed by atoms with Gasteiger partial charge < -0.3 is 16.3 Å². The molecule has 4 N–H and O–H groups in total. The fraction of sp³-hybridized carbons (Fsp3) is 0.111. The zero-order chi connectivity index (χ0) is 11.4. The Labute approximate surface area is 95.1 Å². The molecule has 5 nitrogen and oxygen atoms in total. The summed E-state index contributed by atoms with van der Waals surface area (Å²) in [7, 11) is 0. The van der Waals surface area contributed by atoms with Gasteiger partial charge in [-0.3, -0.25) is 4.79 Å². The second-order valence-corrected chi connectivity index (χ2v) is 3.77. The van der Waals surface area contributed by atoms with Crippen molar-refractivity contribution < 1.29 is 10.0 Å². The number of nitrogens with zero attached hydrogens (tertiary/aromatic N) is 1. The van der Waals surface area contributed by atoms with Gasteiger partial charge in [-0.25, -0.2) is 0 Å². The van der Waals surface area contributed by atoms with E-state index < -0.39 is 0 Å². The van der Waals surface area contributed by atoms with Crippen molar-refractivity contribution in [2.75, 3.05) is 5.32 Å². The lowest BCUT2D eigenvalue weighted by molar-refractivity contribution is -0.114. The fourth-order valence-corrected chi connectivity index (χ4v) is 1.44. The molecule has 1 aromatic rings. The maximum Gasteiger partial charge on any atom is 0.221 e. The van der Waals surface area contributed by atoms with Crippen LogP contribution in [0.3, 0.4) is 0 Å². The van der Waals surface area contributed by atoms with E-state index in [-0.39, 0.29) is 11.7 Å². The van der Waals surface area contributed by atoms with Crippen LogP contribution in [-0.2, 0) is 4.79 Å². The van der Waals surface area contributed by atoms with Crippen molar-refractivity contribution in [1.29, 1.82) is 0 Å². The minimum Gasteiger partial charge on any atom is -0.409 e. The molecular formula is C9H10BrN3O2. The van der Waals surface area contributed by atoms with Crippen molar-refractivity contribution in [2.45, 2.75) is 6.92 Å². The summed E-state index contributed by atoms with van der Waals surface area (Å²) in [6.07, 6.45) is 0. The van der Waals surface area contributed by atoms with Gasteiger partial charge in [-0.05, 0) is 18.2 Å². The largest absolute Gasteiger partial charge is 0.409 e. The quantitative estimate of drug-likeness (QED) is 0.330. The number of amides is 1. The summed E-state index contributed by atoms with van der Waals surface area (Å²) < 4.78 is 0.776. The number of hydrogen-bond donors (Lipinski definition) is 3. The third-order valence-electron chi connectivity index (χ3n) is 1.68. The maximum absolute atomic E-state index is 10.9. The number of oxime groups is 1. The maximum atomic E-state index is 10.9. The normalized spacial score (nSPS) is 11.2. The second kappa shape index (κ2) is 4.79. The Morgan fingerprint density at radius 2 is 2.27 bits per heavy atom. The standard InChI is InChI=1S/C9H10BrN3O2/c1-5(14)12-8-3-2-6(10)4-7(8)9(11)13-15/h2-4,15H,1H3,(H2,11,13)(H,12,14). The van der Waals surface area contributed by atoms with E-state index in [0.717, 1.165) is 4.47 Å². The molecule has 0 aromatic heterocycles. The van der Waals surface area contributed by atoms with Crippen LogP contribution in [0.4, 0.5) is 5.69 Å².